The molecule has 0 fully saturated rings. The molecule has 0 aromatic carbocycles. The number of ketones is 1. The third-order valence-corrected chi connectivity index (χ3v) is 4.18. The molecule has 6 heteroatoms. The Balaban J connectivity index is 2.79. The van der Waals surface area contributed by atoms with Crippen LogP contribution in [0.5, 0.6) is 0 Å². The summed E-state index contributed by atoms with van der Waals surface area (Å²) in [6, 6.07) is 0.0388. The fourth-order valence-electron chi connectivity index (χ4n) is 2.18. The Bertz CT molecular complexity index is 448. The van der Waals surface area contributed by atoms with Crippen LogP contribution >= 0.6 is 11.3 Å². The molecule has 0 bridgehead atoms. The van der Waals surface area contributed by atoms with E-state index >= 15 is 0 Å². The first-order chi connectivity index (χ1) is 9.49. The number of carbonyl (C=O) groups excluding carboxylic acids is 2. The fourth-order valence-corrected chi connectivity index (χ4v) is 2.93. The molecular weight excluding hydrogens is 271 g/mol. The van der Waals surface area contributed by atoms with Crippen molar-refractivity contribution in [3.63, 3.8) is 0 Å². The quantitative estimate of drug-likeness (QED) is 0.399. The number of hydrogen-bond donors (Lipinski definition) is 0. The van der Waals surface area contributed by atoms with Gasteiger partial charge in [0, 0.05) is 23.5 Å². The maximum atomic E-state index is 12.3. The SMILES string of the molecule is CCCN([B]C=O)[C@H](CC(=O)c1nc(C)cs1)C(C)C. The topological polar surface area (TPSA) is 50.3 Å². The summed E-state index contributed by atoms with van der Waals surface area (Å²) in [5.74, 6) is 0.352. The summed E-state index contributed by atoms with van der Waals surface area (Å²) in [7, 11) is 1.55. The second kappa shape index (κ2) is 8.32. The van der Waals surface area contributed by atoms with E-state index in [4.69, 9.17) is 0 Å². The van der Waals surface area contributed by atoms with E-state index in [0.717, 1.165) is 24.8 Å². The lowest BCUT2D eigenvalue weighted by molar-refractivity contribution is 0.0934. The van der Waals surface area contributed by atoms with E-state index in [-0.39, 0.29) is 11.8 Å². The zero-order valence-corrected chi connectivity index (χ0v) is 13.4. The van der Waals surface area contributed by atoms with E-state index in [0.29, 0.717) is 17.3 Å². The predicted octanol–water partition coefficient (Wildman–Crippen LogP) is 2.57. The molecule has 1 rings (SSSR count). The van der Waals surface area contributed by atoms with E-state index in [2.05, 4.69) is 25.8 Å². The van der Waals surface area contributed by atoms with Crippen LogP contribution in [0.2, 0.25) is 0 Å². The van der Waals surface area contributed by atoms with Gasteiger partial charge in [0.1, 0.15) is 0 Å². The minimum atomic E-state index is 0.0388. The molecule has 20 heavy (non-hydrogen) atoms. The summed E-state index contributed by atoms with van der Waals surface area (Å²) < 4.78 is 0. The number of aryl methyl sites for hydroxylation is 1. The first-order valence-electron chi connectivity index (χ1n) is 6.99. The lowest BCUT2D eigenvalue weighted by Gasteiger charge is -2.32. The monoisotopic (exact) mass is 293 g/mol. The zero-order valence-electron chi connectivity index (χ0n) is 12.6. The second-order valence-electron chi connectivity index (χ2n) is 5.26. The average Bonchev–Trinajstić information content (AvgIpc) is 2.82. The lowest BCUT2D eigenvalue weighted by Crippen LogP contribution is -2.44. The van der Waals surface area contributed by atoms with Crippen LogP contribution in [0, 0.1) is 12.8 Å². The highest BCUT2D eigenvalue weighted by Crippen LogP contribution is 2.19. The van der Waals surface area contributed by atoms with E-state index in [1.165, 1.54) is 11.3 Å². The van der Waals surface area contributed by atoms with Gasteiger partial charge >= 0.3 is 0 Å². The van der Waals surface area contributed by atoms with Crippen molar-refractivity contribution >= 4 is 30.7 Å². The third-order valence-electron chi connectivity index (χ3n) is 3.18. The molecule has 4 nitrogen and oxygen atoms in total. The number of hydrogen-bond acceptors (Lipinski definition) is 5. The molecule has 0 aliphatic heterocycles. The minimum absolute atomic E-state index is 0.0388. The predicted molar refractivity (Wildman–Crippen MR) is 83.9 cm³/mol. The summed E-state index contributed by atoms with van der Waals surface area (Å²) in [6.07, 6.45) is 2.14. The summed E-state index contributed by atoms with van der Waals surface area (Å²) in [6.45, 7) is 8.89. The van der Waals surface area contributed by atoms with Crippen LogP contribution in [0.25, 0.3) is 0 Å². The Labute approximate surface area is 125 Å². The van der Waals surface area contributed by atoms with Gasteiger partial charge in [0.2, 0.25) is 0 Å². The van der Waals surface area contributed by atoms with Gasteiger partial charge < -0.3 is 9.61 Å². The van der Waals surface area contributed by atoms with E-state index in [1.54, 1.807) is 7.41 Å². The molecule has 0 aliphatic rings. The molecule has 1 aromatic rings. The number of rotatable bonds is 9. The number of aromatic nitrogens is 1. The lowest BCUT2D eigenvalue weighted by atomic mass is 9.85. The van der Waals surface area contributed by atoms with Gasteiger partial charge in [-0.25, -0.2) is 4.98 Å². The molecule has 0 aliphatic carbocycles. The standard InChI is InChI=1S/C14H22BN2O2S/c1-5-6-17(15-9-18)12(10(2)3)7-13(19)14-16-11(4)8-20-14/h8-10,12H,5-7H2,1-4H3/t12-/m1/s1. The summed E-state index contributed by atoms with van der Waals surface area (Å²) >= 11 is 1.39. The molecule has 0 unspecified atom stereocenters. The van der Waals surface area contributed by atoms with Gasteiger partial charge in [0.05, 0.1) is 6.19 Å². The van der Waals surface area contributed by atoms with Crippen LogP contribution in [0.1, 0.15) is 49.1 Å². The van der Waals surface area contributed by atoms with Crippen molar-refractivity contribution < 1.29 is 9.59 Å². The van der Waals surface area contributed by atoms with Gasteiger partial charge in [-0.3, -0.25) is 4.79 Å². The molecule has 0 N–H and O–H groups in total. The van der Waals surface area contributed by atoms with E-state index in [9.17, 15) is 9.59 Å². The fraction of sp³-hybridized carbons (Fsp3) is 0.643. The molecule has 1 heterocycles. The summed E-state index contributed by atoms with van der Waals surface area (Å²) in [4.78, 5) is 29.3. The number of carbonyl (C=O) groups is 2. The van der Waals surface area contributed by atoms with Crippen molar-refractivity contribution in [2.24, 2.45) is 5.92 Å². The highest BCUT2D eigenvalue weighted by Gasteiger charge is 2.25. The van der Waals surface area contributed by atoms with Crippen LogP contribution in [-0.2, 0) is 4.79 Å². The van der Waals surface area contributed by atoms with Crippen molar-refractivity contribution in [2.45, 2.75) is 46.6 Å². The molecule has 1 atom stereocenters. The first kappa shape index (κ1) is 17.0. The van der Waals surface area contributed by atoms with Crippen molar-refractivity contribution in [1.29, 1.82) is 0 Å². The normalized spacial score (nSPS) is 12.7. The maximum Gasteiger partial charge on any atom is 0.293 e. The Morgan fingerprint density at radius 2 is 2.25 bits per heavy atom. The third kappa shape index (κ3) is 4.83. The van der Waals surface area contributed by atoms with Gasteiger partial charge in [0.25, 0.3) is 7.41 Å². The molecule has 0 amide bonds. The Hall–Kier alpha value is -1.01. The molecule has 0 saturated carbocycles. The molecule has 0 spiro atoms. The van der Waals surface area contributed by atoms with Crippen molar-refractivity contribution in [3.05, 3.63) is 16.1 Å². The number of Topliss-reactive ketones (excluding diaryl/α,β-unsaturated/α-hetero) is 1. The van der Waals surface area contributed by atoms with Crippen LogP contribution in [0.15, 0.2) is 5.38 Å². The Morgan fingerprint density at radius 3 is 2.70 bits per heavy atom. The maximum absolute atomic E-state index is 12.3. The summed E-state index contributed by atoms with van der Waals surface area (Å²) in [5.41, 5.74) is 0.879. The van der Waals surface area contributed by atoms with Crippen LogP contribution in [0.3, 0.4) is 0 Å². The minimum Gasteiger partial charge on any atom is -0.337 e. The van der Waals surface area contributed by atoms with Gasteiger partial charge in [-0.05, 0) is 25.8 Å². The average molecular weight is 293 g/mol. The van der Waals surface area contributed by atoms with Crippen LogP contribution in [-0.4, -0.2) is 41.8 Å². The van der Waals surface area contributed by atoms with Crippen molar-refractivity contribution in [1.82, 2.24) is 9.79 Å². The second-order valence-corrected chi connectivity index (χ2v) is 6.11. The van der Waals surface area contributed by atoms with E-state index < -0.39 is 0 Å². The van der Waals surface area contributed by atoms with Crippen LogP contribution < -0.4 is 0 Å². The van der Waals surface area contributed by atoms with E-state index in [1.807, 2.05) is 17.1 Å². The van der Waals surface area contributed by atoms with Gasteiger partial charge in [0.15, 0.2) is 10.8 Å². The highest BCUT2D eigenvalue weighted by molar-refractivity contribution is 7.11. The molecular formula is C14H22BN2O2S. The van der Waals surface area contributed by atoms with Crippen molar-refractivity contribution in [2.75, 3.05) is 6.54 Å². The number of thiazole rings is 1. The van der Waals surface area contributed by atoms with Gasteiger partial charge in [-0.2, -0.15) is 0 Å². The largest absolute Gasteiger partial charge is 0.337 e. The Kier molecular flexibility index (Phi) is 7.09. The first-order valence-corrected chi connectivity index (χ1v) is 7.87. The van der Waals surface area contributed by atoms with Crippen molar-refractivity contribution in [3.8, 4) is 0 Å². The van der Waals surface area contributed by atoms with Gasteiger partial charge in [-0.1, -0.05) is 20.8 Å². The molecule has 1 aromatic heterocycles. The molecule has 0 saturated heterocycles. The van der Waals surface area contributed by atoms with Crippen LogP contribution in [0.4, 0.5) is 0 Å². The number of nitrogens with zero attached hydrogens (tertiary/aromatic N) is 2. The smallest absolute Gasteiger partial charge is 0.293 e. The Morgan fingerprint density at radius 1 is 1.55 bits per heavy atom. The highest BCUT2D eigenvalue weighted by atomic mass is 32.1. The summed E-state index contributed by atoms with van der Waals surface area (Å²) in [5, 5.41) is 2.45. The molecule has 1 radical (unpaired) electrons. The zero-order chi connectivity index (χ0) is 15.1. The molecule has 109 valence electrons. The van der Waals surface area contributed by atoms with Gasteiger partial charge in [-0.15, -0.1) is 11.3 Å².